The number of amides is 3. The zero-order chi connectivity index (χ0) is 28.1. The van der Waals surface area contributed by atoms with Crippen LogP contribution in [0.4, 0.5) is 36.5 Å². The zero-order valence-electron chi connectivity index (χ0n) is 22.1. The number of hydrogen-bond donors (Lipinski definition) is 3. The summed E-state index contributed by atoms with van der Waals surface area (Å²) < 4.78 is 33.4. The van der Waals surface area contributed by atoms with Crippen LogP contribution in [0.5, 0.6) is 0 Å². The zero-order valence-corrected chi connectivity index (χ0v) is 22.1. The molecule has 1 aliphatic rings. The van der Waals surface area contributed by atoms with Gasteiger partial charge in [-0.25, -0.2) is 23.5 Å². The van der Waals surface area contributed by atoms with Gasteiger partial charge >= 0.3 is 6.03 Å². The van der Waals surface area contributed by atoms with E-state index in [1.807, 2.05) is 24.3 Å². The molecule has 2 atom stereocenters. The summed E-state index contributed by atoms with van der Waals surface area (Å²) in [6.07, 6.45) is 1.53. The molecule has 11 heteroatoms. The number of benzene rings is 2. The van der Waals surface area contributed by atoms with Crippen molar-refractivity contribution in [1.82, 2.24) is 15.2 Å². The topological polar surface area (TPSA) is 113 Å². The van der Waals surface area contributed by atoms with Crippen molar-refractivity contribution in [2.75, 3.05) is 29.9 Å². The molecule has 4 N–H and O–H groups in total. The monoisotopic (exact) mass is 538 g/mol. The first-order chi connectivity index (χ1) is 18.6. The Morgan fingerprint density at radius 3 is 2.31 bits per heavy atom. The van der Waals surface area contributed by atoms with E-state index >= 15 is 0 Å². The molecule has 1 aliphatic heterocycles. The lowest BCUT2D eigenvalue weighted by Crippen LogP contribution is -2.44. The molecular formula is C28H32F2N6O3. The standard InChI is InChI=1S/C28H32F2N6O3/c1-4-32-28(38)36(23-7-5-19(6-8-23)16-35-14-17(2)39-18(3)15-35)26-12-25(24(13-33-26)27(31)37)34-22-10-20(29)9-21(30)11-22/h5-13,17-18H,4,14-16H2,1-3H3,(H2,31,37)(H,32,38)(H,33,34)/t17-,18+. The highest BCUT2D eigenvalue weighted by atomic mass is 19.1. The van der Waals surface area contributed by atoms with Crippen LogP contribution in [0.2, 0.25) is 0 Å². The fraction of sp³-hybridized carbons (Fsp3) is 0.321. The summed E-state index contributed by atoms with van der Waals surface area (Å²) in [6.45, 7) is 8.67. The van der Waals surface area contributed by atoms with Gasteiger partial charge in [-0.2, -0.15) is 0 Å². The molecule has 1 saturated heterocycles. The van der Waals surface area contributed by atoms with Gasteiger partial charge in [0.25, 0.3) is 5.91 Å². The van der Waals surface area contributed by atoms with Crippen LogP contribution < -0.4 is 21.3 Å². The Labute approximate surface area is 226 Å². The first kappa shape index (κ1) is 27.9. The van der Waals surface area contributed by atoms with Crippen molar-refractivity contribution in [1.29, 1.82) is 0 Å². The average molecular weight is 539 g/mol. The number of primary amides is 1. The van der Waals surface area contributed by atoms with Gasteiger partial charge in [0.05, 0.1) is 29.1 Å². The number of nitrogens with one attached hydrogen (secondary N) is 2. The van der Waals surface area contributed by atoms with Gasteiger partial charge in [-0.3, -0.25) is 9.69 Å². The number of rotatable bonds is 8. The summed E-state index contributed by atoms with van der Waals surface area (Å²) in [5.41, 5.74) is 7.31. The normalized spacial score (nSPS) is 17.5. The second-order valence-electron chi connectivity index (χ2n) is 9.52. The Hall–Kier alpha value is -4.09. The fourth-order valence-corrected chi connectivity index (χ4v) is 4.65. The van der Waals surface area contributed by atoms with Crippen molar-refractivity contribution in [3.63, 3.8) is 0 Å². The van der Waals surface area contributed by atoms with Crippen LogP contribution in [0.3, 0.4) is 0 Å². The third kappa shape index (κ3) is 7.06. The van der Waals surface area contributed by atoms with Gasteiger partial charge in [0.15, 0.2) is 0 Å². The summed E-state index contributed by atoms with van der Waals surface area (Å²) in [6, 6.07) is 11.4. The SMILES string of the molecule is CCNC(=O)N(c1ccc(CN2C[C@@H](C)O[C@@H](C)C2)cc1)c1cc(Nc2cc(F)cc(F)c2)c(C(N)=O)cn1. The van der Waals surface area contributed by atoms with Gasteiger partial charge in [0.1, 0.15) is 17.5 Å². The molecule has 3 amide bonds. The van der Waals surface area contributed by atoms with Crippen molar-refractivity contribution in [3.05, 3.63) is 77.5 Å². The van der Waals surface area contributed by atoms with Crippen LogP contribution in [0.1, 0.15) is 36.7 Å². The summed E-state index contributed by atoms with van der Waals surface area (Å²) in [5.74, 6) is -2.21. The second-order valence-corrected chi connectivity index (χ2v) is 9.52. The summed E-state index contributed by atoms with van der Waals surface area (Å²) in [7, 11) is 0. The number of morpholine rings is 1. The van der Waals surface area contributed by atoms with Crippen LogP contribution >= 0.6 is 0 Å². The van der Waals surface area contributed by atoms with E-state index in [4.69, 9.17) is 10.5 Å². The highest BCUT2D eigenvalue weighted by Gasteiger charge is 2.24. The molecule has 0 unspecified atom stereocenters. The minimum Gasteiger partial charge on any atom is -0.373 e. The number of carbonyl (C=O) groups excluding carboxylic acids is 2. The molecule has 4 rings (SSSR count). The van der Waals surface area contributed by atoms with Gasteiger partial charge in [-0.15, -0.1) is 0 Å². The molecule has 9 nitrogen and oxygen atoms in total. The molecule has 2 heterocycles. The van der Waals surface area contributed by atoms with Crippen LogP contribution in [0.25, 0.3) is 0 Å². The number of carbonyl (C=O) groups is 2. The Morgan fingerprint density at radius 1 is 1.08 bits per heavy atom. The third-order valence-electron chi connectivity index (χ3n) is 6.15. The Balaban J connectivity index is 1.65. The van der Waals surface area contributed by atoms with E-state index in [1.165, 1.54) is 17.2 Å². The van der Waals surface area contributed by atoms with Crippen LogP contribution in [-0.2, 0) is 11.3 Å². The molecule has 3 aromatic rings. The molecular weight excluding hydrogens is 506 g/mol. The quantitative estimate of drug-likeness (QED) is 0.384. The van der Waals surface area contributed by atoms with E-state index < -0.39 is 23.6 Å². The number of urea groups is 1. The van der Waals surface area contributed by atoms with Gasteiger partial charge in [0, 0.05) is 50.2 Å². The maximum atomic E-state index is 13.8. The van der Waals surface area contributed by atoms with Crippen molar-refractivity contribution >= 4 is 34.8 Å². The smallest absolute Gasteiger partial charge is 0.327 e. The summed E-state index contributed by atoms with van der Waals surface area (Å²) in [4.78, 5) is 33.2. The molecule has 0 radical (unpaired) electrons. The van der Waals surface area contributed by atoms with E-state index in [9.17, 15) is 18.4 Å². The molecule has 0 spiro atoms. The first-order valence-corrected chi connectivity index (χ1v) is 12.7. The Bertz CT molecular complexity index is 1310. The Kier molecular flexibility index (Phi) is 8.72. The lowest BCUT2D eigenvalue weighted by atomic mass is 10.1. The van der Waals surface area contributed by atoms with E-state index in [-0.39, 0.29) is 35.0 Å². The van der Waals surface area contributed by atoms with Crippen LogP contribution in [-0.4, -0.2) is 53.7 Å². The first-order valence-electron chi connectivity index (χ1n) is 12.7. The lowest BCUT2D eigenvalue weighted by molar-refractivity contribution is -0.0704. The average Bonchev–Trinajstić information content (AvgIpc) is 2.84. The highest BCUT2D eigenvalue weighted by Crippen LogP contribution is 2.30. The number of nitrogens with two attached hydrogens (primary N) is 1. The fourth-order valence-electron chi connectivity index (χ4n) is 4.65. The minimum atomic E-state index is -0.797. The molecule has 2 aromatic carbocycles. The summed E-state index contributed by atoms with van der Waals surface area (Å²) in [5, 5.41) is 5.59. The predicted octanol–water partition coefficient (Wildman–Crippen LogP) is 4.68. The van der Waals surface area contributed by atoms with E-state index in [2.05, 4.69) is 34.4 Å². The molecule has 39 heavy (non-hydrogen) atoms. The molecule has 1 aromatic heterocycles. The Morgan fingerprint density at radius 2 is 1.72 bits per heavy atom. The van der Waals surface area contributed by atoms with Gasteiger partial charge in [-0.05, 0) is 50.6 Å². The van der Waals surface area contributed by atoms with Gasteiger partial charge < -0.3 is 21.1 Å². The number of hydrogen-bond acceptors (Lipinski definition) is 6. The van der Waals surface area contributed by atoms with Gasteiger partial charge in [0.2, 0.25) is 0 Å². The molecule has 0 aliphatic carbocycles. The van der Waals surface area contributed by atoms with E-state index in [1.54, 1.807) is 6.92 Å². The largest absolute Gasteiger partial charge is 0.373 e. The number of halogens is 2. The second kappa shape index (κ2) is 12.2. The van der Waals surface area contributed by atoms with Crippen molar-refractivity contribution in [3.8, 4) is 0 Å². The summed E-state index contributed by atoms with van der Waals surface area (Å²) >= 11 is 0. The number of anilines is 4. The maximum Gasteiger partial charge on any atom is 0.327 e. The van der Waals surface area contributed by atoms with Gasteiger partial charge in [-0.1, -0.05) is 12.1 Å². The molecule has 1 fully saturated rings. The highest BCUT2D eigenvalue weighted by molar-refractivity contribution is 6.02. The lowest BCUT2D eigenvalue weighted by Gasteiger charge is -2.35. The van der Waals surface area contributed by atoms with Crippen LogP contribution in [0, 0.1) is 11.6 Å². The number of ether oxygens (including phenoxy) is 1. The molecule has 0 bridgehead atoms. The number of pyridine rings is 1. The number of nitrogens with zero attached hydrogens (tertiary/aromatic N) is 3. The molecule has 0 saturated carbocycles. The number of aromatic nitrogens is 1. The molecule has 206 valence electrons. The maximum absolute atomic E-state index is 13.8. The van der Waals surface area contributed by atoms with Crippen molar-refractivity contribution in [2.45, 2.75) is 39.5 Å². The third-order valence-corrected chi connectivity index (χ3v) is 6.15. The minimum absolute atomic E-state index is 0.0106. The van der Waals surface area contributed by atoms with E-state index in [0.29, 0.717) is 12.2 Å². The van der Waals surface area contributed by atoms with Crippen LogP contribution in [0.15, 0.2) is 54.7 Å². The predicted molar refractivity (Wildman–Crippen MR) is 145 cm³/mol. The van der Waals surface area contributed by atoms with Crippen molar-refractivity contribution in [2.24, 2.45) is 5.73 Å². The van der Waals surface area contributed by atoms with Crippen molar-refractivity contribution < 1.29 is 23.1 Å². The van der Waals surface area contributed by atoms with E-state index in [0.717, 1.165) is 43.4 Å².